The van der Waals surface area contributed by atoms with Crippen molar-refractivity contribution in [3.63, 3.8) is 0 Å². The number of phenolic OH excluding ortho intramolecular Hbond substituents is 4. The molecule has 0 aromatic heterocycles. The van der Waals surface area contributed by atoms with Gasteiger partial charge in [0.25, 0.3) is 5.91 Å². The molecular weight excluding hydrogens is 564 g/mol. The normalized spacial score (nSPS) is 15.5. The van der Waals surface area contributed by atoms with E-state index in [1.54, 1.807) is 78.9 Å². The van der Waals surface area contributed by atoms with Crippen LogP contribution in [0.4, 0.5) is 0 Å². The van der Waals surface area contributed by atoms with Crippen molar-refractivity contribution in [1.29, 1.82) is 0 Å². The van der Waals surface area contributed by atoms with E-state index in [1.807, 2.05) is 0 Å². The number of carbonyl (C=O) groups excluding carboxylic acids is 2. The van der Waals surface area contributed by atoms with Crippen molar-refractivity contribution in [3.8, 4) is 34.5 Å². The van der Waals surface area contributed by atoms with Crippen molar-refractivity contribution < 1.29 is 39.5 Å². The Bertz CT molecular complexity index is 1650. The molecule has 10 nitrogen and oxygen atoms in total. The topological polar surface area (TPSA) is 158 Å². The Labute approximate surface area is 253 Å². The van der Waals surface area contributed by atoms with Crippen LogP contribution in [0, 0.1) is 0 Å². The van der Waals surface area contributed by atoms with Gasteiger partial charge in [0.15, 0.2) is 29.1 Å². The second-order valence-corrected chi connectivity index (χ2v) is 10.3. The fraction of sp³-hybridized carbons (Fsp3) is 0.176. The van der Waals surface area contributed by atoms with E-state index in [2.05, 4.69) is 10.6 Å². The molecule has 226 valence electrons. The molecule has 1 heterocycles. The fourth-order valence-corrected chi connectivity index (χ4v) is 4.68. The van der Waals surface area contributed by atoms with Crippen LogP contribution in [-0.4, -0.2) is 51.4 Å². The molecule has 2 unspecified atom stereocenters. The van der Waals surface area contributed by atoms with E-state index in [-0.39, 0.29) is 28.9 Å². The molecule has 0 aliphatic carbocycles. The first-order valence-electron chi connectivity index (χ1n) is 14.0. The lowest BCUT2D eigenvalue weighted by molar-refractivity contribution is -0.134. The molecule has 2 amide bonds. The maximum atomic E-state index is 13.4. The number of hydrogen-bond acceptors (Lipinski definition) is 8. The molecule has 4 aromatic carbocycles. The van der Waals surface area contributed by atoms with E-state index >= 15 is 0 Å². The van der Waals surface area contributed by atoms with E-state index in [0.717, 1.165) is 11.1 Å². The summed E-state index contributed by atoms with van der Waals surface area (Å²) in [5.41, 5.74) is 2.99. The van der Waals surface area contributed by atoms with Crippen molar-refractivity contribution in [2.45, 2.75) is 25.0 Å². The Hall–Kier alpha value is -5.64. The minimum atomic E-state index is -1.13. The Balaban J connectivity index is 1.26. The monoisotopic (exact) mass is 596 g/mol. The van der Waals surface area contributed by atoms with Crippen molar-refractivity contribution in [3.05, 3.63) is 113 Å². The zero-order valence-corrected chi connectivity index (χ0v) is 23.6. The Kier molecular flexibility index (Phi) is 9.19. The molecule has 1 aliphatic rings. The van der Waals surface area contributed by atoms with E-state index in [4.69, 9.17) is 9.47 Å². The van der Waals surface area contributed by atoms with Gasteiger partial charge in [-0.1, -0.05) is 36.4 Å². The summed E-state index contributed by atoms with van der Waals surface area (Å²) in [5.74, 6) is -0.369. The second kappa shape index (κ2) is 13.6. The molecule has 5 rings (SSSR count). The average molecular weight is 597 g/mol. The van der Waals surface area contributed by atoms with Crippen LogP contribution in [0.15, 0.2) is 91.0 Å². The van der Waals surface area contributed by atoms with E-state index < -0.39 is 18.1 Å². The minimum absolute atomic E-state index is 0.157. The molecular formula is C34H32N2O8. The van der Waals surface area contributed by atoms with Gasteiger partial charge in [-0.3, -0.25) is 9.59 Å². The van der Waals surface area contributed by atoms with Gasteiger partial charge < -0.3 is 40.5 Å². The quantitative estimate of drug-likeness (QED) is 0.118. The molecule has 0 saturated heterocycles. The number of benzene rings is 4. The number of fused-ring (bicyclic) bond motifs is 1. The van der Waals surface area contributed by atoms with Gasteiger partial charge in [-0.2, -0.15) is 0 Å². The Morgan fingerprint density at radius 1 is 0.682 bits per heavy atom. The van der Waals surface area contributed by atoms with Crippen molar-refractivity contribution in [2.24, 2.45) is 0 Å². The number of carbonyl (C=O) groups is 2. The van der Waals surface area contributed by atoms with Crippen molar-refractivity contribution in [2.75, 3.05) is 13.1 Å². The average Bonchev–Trinajstić information content (AvgIpc) is 3.02. The lowest BCUT2D eigenvalue weighted by Gasteiger charge is -2.33. The first kappa shape index (κ1) is 29.8. The SMILES string of the molecule is O=C(C=Cc1ccc2c(c1)OC(C(=O)NCCc1ccc(O)cc1)C(c1ccc(O)c(O)c1)O2)NCCc1ccc(O)cc1. The molecule has 10 heteroatoms. The summed E-state index contributed by atoms with van der Waals surface area (Å²) in [5, 5.41) is 44.4. The molecule has 0 fully saturated rings. The predicted molar refractivity (Wildman–Crippen MR) is 163 cm³/mol. The molecule has 4 aromatic rings. The summed E-state index contributed by atoms with van der Waals surface area (Å²) in [6.07, 6.45) is 2.10. The zero-order chi connectivity index (χ0) is 31.1. The maximum Gasteiger partial charge on any atom is 0.265 e. The maximum absolute atomic E-state index is 13.4. The van der Waals surface area contributed by atoms with E-state index in [1.165, 1.54) is 18.2 Å². The Morgan fingerprint density at radius 2 is 1.32 bits per heavy atom. The van der Waals surface area contributed by atoms with Gasteiger partial charge in [0.05, 0.1) is 0 Å². The van der Waals surface area contributed by atoms with Crippen LogP contribution in [0.25, 0.3) is 6.08 Å². The molecule has 0 saturated carbocycles. The number of amides is 2. The summed E-state index contributed by atoms with van der Waals surface area (Å²) in [6, 6.07) is 22.7. The van der Waals surface area contributed by atoms with Gasteiger partial charge in [0.1, 0.15) is 11.5 Å². The molecule has 0 bridgehead atoms. The van der Waals surface area contributed by atoms with Crippen molar-refractivity contribution >= 4 is 17.9 Å². The highest BCUT2D eigenvalue weighted by atomic mass is 16.6. The van der Waals surface area contributed by atoms with E-state index in [9.17, 15) is 30.0 Å². The summed E-state index contributed by atoms with van der Waals surface area (Å²) in [6.45, 7) is 0.724. The standard InChI is InChI=1S/C34H32N2O8/c37-25-8-1-21(2-9-25)15-17-35-31(41)14-6-23-5-13-29-30(19-23)44-33(32(43-29)24-7-12-27(39)28(40)20-24)34(42)36-18-16-22-3-10-26(38)11-4-22/h1-14,19-20,32-33,37-40H,15-18H2,(H,35,41)(H,36,42). The van der Waals surface area contributed by atoms with Crippen LogP contribution in [0.1, 0.15) is 28.4 Å². The third-order valence-corrected chi connectivity index (χ3v) is 7.06. The molecule has 1 aliphatic heterocycles. The van der Waals surface area contributed by atoms with Gasteiger partial charge >= 0.3 is 0 Å². The van der Waals surface area contributed by atoms with Crippen LogP contribution >= 0.6 is 0 Å². The number of phenols is 4. The molecule has 2 atom stereocenters. The summed E-state index contributed by atoms with van der Waals surface area (Å²) >= 11 is 0. The third-order valence-electron chi connectivity index (χ3n) is 7.06. The van der Waals surface area contributed by atoms with Crippen LogP contribution in [0.5, 0.6) is 34.5 Å². The smallest absolute Gasteiger partial charge is 0.265 e. The number of aromatic hydroxyl groups is 4. The lowest BCUT2D eigenvalue weighted by Crippen LogP contribution is -2.46. The van der Waals surface area contributed by atoms with Gasteiger partial charge in [-0.05, 0) is 84.1 Å². The number of hydrogen-bond donors (Lipinski definition) is 6. The molecule has 44 heavy (non-hydrogen) atoms. The zero-order valence-electron chi connectivity index (χ0n) is 23.6. The number of nitrogens with one attached hydrogen (secondary N) is 2. The second-order valence-electron chi connectivity index (χ2n) is 10.3. The van der Waals surface area contributed by atoms with Gasteiger partial charge in [0, 0.05) is 24.7 Å². The van der Waals surface area contributed by atoms with Crippen LogP contribution in [-0.2, 0) is 22.4 Å². The number of rotatable bonds is 10. The molecule has 0 spiro atoms. The van der Waals surface area contributed by atoms with Crippen LogP contribution in [0.2, 0.25) is 0 Å². The highest BCUT2D eigenvalue weighted by Gasteiger charge is 2.38. The lowest BCUT2D eigenvalue weighted by atomic mass is 10.0. The first-order valence-corrected chi connectivity index (χ1v) is 14.0. The minimum Gasteiger partial charge on any atom is -0.508 e. The summed E-state index contributed by atoms with van der Waals surface area (Å²) in [7, 11) is 0. The fourth-order valence-electron chi connectivity index (χ4n) is 4.68. The highest BCUT2D eigenvalue weighted by molar-refractivity contribution is 5.91. The van der Waals surface area contributed by atoms with Crippen LogP contribution in [0.3, 0.4) is 0 Å². The third kappa shape index (κ3) is 7.60. The largest absolute Gasteiger partial charge is 0.508 e. The van der Waals surface area contributed by atoms with E-state index in [0.29, 0.717) is 48.6 Å². The number of ether oxygens (including phenoxy) is 2. The van der Waals surface area contributed by atoms with Crippen LogP contribution < -0.4 is 20.1 Å². The highest BCUT2D eigenvalue weighted by Crippen LogP contribution is 2.41. The Morgan fingerprint density at radius 3 is 1.95 bits per heavy atom. The molecule has 6 N–H and O–H groups in total. The summed E-state index contributed by atoms with van der Waals surface area (Å²) in [4.78, 5) is 25.7. The molecule has 0 radical (unpaired) electrons. The van der Waals surface area contributed by atoms with Crippen molar-refractivity contribution in [1.82, 2.24) is 10.6 Å². The van der Waals surface area contributed by atoms with Gasteiger partial charge in [0.2, 0.25) is 12.0 Å². The predicted octanol–water partition coefficient (Wildman–Crippen LogP) is 4.12. The van der Waals surface area contributed by atoms with Gasteiger partial charge in [-0.15, -0.1) is 0 Å². The summed E-state index contributed by atoms with van der Waals surface area (Å²) < 4.78 is 12.3. The first-order chi connectivity index (χ1) is 21.2. The van der Waals surface area contributed by atoms with Gasteiger partial charge in [-0.25, -0.2) is 0 Å².